The second kappa shape index (κ2) is 6.06. The summed E-state index contributed by atoms with van der Waals surface area (Å²) in [4.78, 5) is 2.35. The molecule has 0 saturated carbocycles. The second-order valence-corrected chi connectivity index (χ2v) is 7.19. The zero-order valence-electron chi connectivity index (χ0n) is 12.6. The van der Waals surface area contributed by atoms with Crippen molar-refractivity contribution in [1.82, 2.24) is 0 Å². The fraction of sp³-hybridized carbons (Fsp3) is 0.588. The van der Waals surface area contributed by atoms with Crippen LogP contribution >= 0.6 is 11.6 Å². The molecule has 1 fully saturated rings. The van der Waals surface area contributed by atoms with Crippen LogP contribution in [0.3, 0.4) is 0 Å². The van der Waals surface area contributed by atoms with Gasteiger partial charge in [0, 0.05) is 18.1 Å². The van der Waals surface area contributed by atoms with Crippen molar-refractivity contribution in [3.05, 3.63) is 28.8 Å². The van der Waals surface area contributed by atoms with Gasteiger partial charge in [-0.3, -0.25) is 0 Å². The lowest BCUT2D eigenvalue weighted by Crippen LogP contribution is -2.26. The van der Waals surface area contributed by atoms with E-state index in [4.69, 9.17) is 11.6 Å². The van der Waals surface area contributed by atoms with Crippen LogP contribution in [-0.4, -0.2) is 13.1 Å². The monoisotopic (exact) mass is 290 g/mol. The third-order valence-corrected chi connectivity index (χ3v) is 4.61. The summed E-state index contributed by atoms with van der Waals surface area (Å²) in [6, 6.07) is 7.90. The van der Waals surface area contributed by atoms with Gasteiger partial charge in [0.2, 0.25) is 0 Å². The Hall–Kier alpha value is -1.20. The van der Waals surface area contributed by atoms with Crippen LogP contribution in [0.15, 0.2) is 18.2 Å². The molecular formula is C17H23ClN2. The average molecular weight is 291 g/mol. The number of nitrogens with zero attached hydrogens (tertiary/aromatic N) is 2. The maximum Gasteiger partial charge on any atom is 0.101 e. The molecule has 1 aromatic rings. The molecule has 1 aliphatic rings. The largest absolute Gasteiger partial charge is 0.370 e. The molecule has 0 N–H and O–H groups in total. The van der Waals surface area contributed by atoms with Gasteiger partial charge in [0.05, 0.1) is 11.3 Å². The van der Waals surface area contributed by atoms with Crippen LogP contribution in [0.1, 0.15) is 45.6 Å². The van der Waals surface area contributed by atoms with E-state index in [1.54, 1.807) is 6.07 Å². The molecular weight excluding hydrogens is 268 g/mol. The lowest BCUT2D eigenvalue weighted by molar-refractivity contribution is 0.220. The number of rotatable bonds is 1. The van der Waals surface area contributed by atoms with Crippen LogP contribution in [0.4, 0.5) is 5.69 Å². The fourth-order valence-corrected chi connectivity index (χ4v) is 3.25. The summed E-state index contributed by atoms with van der Waals surface area (Å²) in [6.45, 7) is 9.05. The molecule has 0 amide bonds. The third-order valence-electron chi connectivity index (χ3n) is 4.37. The molecule has 0 aromatic heterocycles. The van der Waals surface area contributed by atoms with Crippen molar-refractivity contribution in [2.24, 2.45) is 11.3 Å². The topological polar surface area (TPSA) is 27.0 Å². The number of hydrogen-bond acceptors (Lipinski definition) is 2. The Morgan fingerprint density at radius 2 is 2.00 bits per heavy atom. The van der Waals surface area contributed by atoms with E-state index < -0.39 is 0 Å². The van der Waals surface area contributed by atoms with Gasteiger partial charge < -0.3 is 4.90 Å². The minimum atomic E-state index is 0.369. The first kappa shape index (κ1) is 15.2. The number of nitriles is 1. The summed E-state index contributed by atoms with van der Waals surface area (Å²) in [6.07, 6.45) is 3.65. The van der Waals surface area contributed by atoms with Crippen molar-refractivity contribution in [1.29, 1.82) is 5.26 Å². The Bertz CT molecular complexity index is 511. The molecule has 0 spiro atoms. The van der Waals surface area contributed by atoms with Gasteiger partial charge in [-0.1, -0.05) is 32.4 Å². The summed E-state index contributed by atoms with van der Waals surface area (Å²) < 4.78 is 0. The Kier molecular flexibility index (Phi) is 4.60. The van der Waals surface area contributed by atoms with E-state index in [1.165, 1.54) is 19.3 Å². The molecule has 1 heterocycles. The Morgan fingerprint density at radius 3 is 2.65 bits per heavy atom. The van der Waals surface area contributed by atoms with E-state index >= 15 is 0 Å². The number of benzene rings is 1. The highest BCUT2D eigenvalue weighted by molar-refractivity contribution is 6.30. The zero-order chi connectivity index (χ0) is 14.8. The lowest BCUT2D eigenvalue weighted by Gasteiger charge is -2.30. The molecule has 1 unspecified atom stereocenters. The molecule has 1 atom stereocenters. The SMILES string of the molecule is CC(C)(C)C1CCCN(c2ccc(Cl)cc2C#N)CC1. The van der Waals surface area contributed by atoms with Gasteiger partial charge in [0.15, 0.2) is 0 Å². The summed E-state index contributed by atoms with van der Waals surface area (Å²) in [5, 5.41) is 9.92. The predicted molar refractivity (Wildman–Crippen MR) is 85.2 cm³/mol. The number of anilines is 1. The minimum Gasteiger partial charge on any atom is -0.370 e. The first-order valence-electron chi connectivity index (χ1n) is 7.36. The van der Waals surface area contributed by atoms with Crippen LogP contribution in [-0.2, 0) is 0 Å². The van der Waals surface area contributed by atoms with Crippen molar-refractivity contribution in [3.63, 3.8) is 0 Å². The first-order chi connectivity index (χ1) is 9.41. The molecule has 2 rings (SSSR count). The molecule has 1 aliphatic heterocycles. The predicted octanol–water partition coefficient (Wildman–Crippen LogP) is 4.86. The van der Waals surface area contributed by atoms with Crippen molar-refractivity contribution in [3.8, 4) is 6.07 Å². The molecule has 1 aromatic carbocycles. The highest BCUT2D eigenvalue weighted by atomic mass is 35.5. The summed E-state index contributed by atoms with van der Waals surface area (Å²) in [5.74, 6) is 0.755. The van der Waals surface area contributed by atoms with Crippen LogP contribution < -0.4 is 4.90 Å². The molecule has 0 aliphatic carbocycles. The van der Waals surface area contributed by atoms with Crippen molar-refractivity contribution in [2.45, 2.75) is 40.0 Å². The summed E-state index contributed by atoms with van der Waals surface area (Å²) in [7, 11) is 0. The smallest absolute Gasteiger partial charge is 0.101 e. The maximum absolute atomic E-state index is 9.29. The normalized spacial score (nSPS) is 20.4. The number of hydrogen-bond donors (Lipinski definition) is 0. The van der Waals surface area contributed by atoms with Gasteiger partial charge in [0.1, 0.15) is 6.07 Å². The average Bonchev–Trinajstić information content (AvgIpc) is 2.63. The number of halogens is 1. The van der Waals surface area contributed by atoms with Crippen molar-refractivity contribution >= 4 is 17.3 Å². The standard InChI is InChI=1S/C17H23ClN2/c1-17(2,3)14-5-4-9-20(10-8-14)16-7-6-15(18)11-13(16)12-19/h6-7,11,14H,4-5,8-10H2,1-3H3. The van der Waals surface area contributed by atoms with Crippen molar-refractivity contribution < 1.29 is 0 Å². The maximum atomic E-state index is 9.29. The third kappa shape index (κ3) is 3.46. The Labute approximate surface area is 127 Å². The fourth-order valence-electron chi connectivity index (χ4n) is 3.08. The summed E-state index contributed by atoms with van der Waals surface area (Å²) in [5.41, 5.74) is 2.09. The molecule has 2 nitrogen and oxygen atoms in total. The molecule has 0 bridgehead atoms. The minimum absolute atomic E-state index is 0.369. The van der Waals surface area contributed by atoms with E-state index in [0.29, 0.717) is 16.0 Å². The lowest BCUT2D eigenvalue weighted by atomic mass is 9.77. The van der Waals surface area contributed by atoms with Gasteiger partial charge in [-0.2, -0.15) is 5.26 Å². The highest BCUT2D eigenvalue weighted by Gasteiger charge is 2.27. The van der Waals surface area contributed by atoms with Gasteiger partial charge in [-0.05, 0) is 48.8 Å². The molecule has 3 heteroatoms. The first-order valence-corrected chi connectivity index (χ1v) is 7.74. The van der Waals surface area contributed by atoms with E-state index in [-0.39, 0.29) is 0 Å². The van der Waals surface area contributed by atoms with E-state index in [9.17, 15) is 5.26 Å². The van der Waals surface area contributed by atoms with Gasteiger partial charge >= 0.3 is 0 Å². The van der Waals surface area contributed by atoms with Crippen LogP contribution in [0.2, 0.25) is 5.02 Å². The van der Waals surface area contributed by atoms with E-state index in [0.717, 1.165) is 24.7 Å². The Balaban J connectivity index is 2.17. The molecule has 20 heavy (non-hydrogen) atoms. The van der Waals surface area contributed by atoms with E-state index in [1.807, 2.05) is 12.1 Å². The molecule has 0 radical (unpaired) electrons. The van der Waals surface area contributed by atoms with Gasteiger partial charge in [0.25, 0.3) is 0 Å². The Morgan fingerprint density at radius 1 is 1.25 bits per heavy atom. The second-order valence-electron chi connectivity index (χ2n) is 6.75. The van der Waals surface area contributed by atoms with Crippen LogP contribution in [0.25, 0.3) is 0 Å². The van der Waals surface area contributed by atoms with Gasteiger partial charge in [-0.15, -0.1) is 0 Å². The van der Waals surface area contributed by atoms with Crippen LogP contribution in [0.5, 0.6) is 0 Å². The summed E-state index contributed by atoms with van der Waals surface area (Å²) >= 11 is 5.98. The quantitative estimate of drug-likeness (QED) is 0.738. The molecule has 1 saturated heterocycles. The zero-order valence-corrected chi connectivity index (χ0v) is 13.4. The van der Waals surface area contributed by atoms with Crippen molar-refractivity contribution in [2.75, 3.05) is 18.0 Å². The highest BCUT2D eigenvalue weighted by Crippen LogP contribution is 2.36. The van der Waals surface area contributed by atoms with Gasteiger partial charge in [-0.25, -0.2) is 0 Å². The van der Waals surface area contributed by atoms with E-state index in [2.05, 4.69) is 31.7 Å². The van der Waals surface area contributed by atoms with Crippen LogP contribution in [0, 0.1) is 22.7 Å². The molecule has 108 valence electrons.